The molecule has 0 spiro atoms. The second-order valence-corrected chi connectivity index (χ2v) is 6.56. The number of hydrogen-bond donors (Lipinski definition) is 2. The fourth-order valence-corrected chi connectivity index (χ4v) is 2.27. The number of nitrogens with one attached hydrogen (secondary N) is 2. The fraction of sp³-hybridized carbons (Fsp3) is 0.421. The highest BCUT2D eigenvalue weighted by atomic mass is 16.5. The molecule has 1 aromatic heterocycles. The van der Waals surface area contributed by atoms with E-state index in [1.165, 1.54) is 0 Å². The first-order valence-corrected chi connectivity index (χ1v) is 8.66. The van der Waals surface area contributed by atoms with Gasteiger partial charge < -0.3 is 20.3 Å². The number of amides is 1. The summed E-state index contributed by atoms with van der Waals surface area (Å²) >= 11 is 0. The summed E-state index contributed by atoms with van der Waals surface area (Å²) in [4.78, 5) is 22.8. The van der Waals surface area contributed by atoms with E-state index in [1.54, 1.807) is 13.0 Å². The Bertz CT molecular complexity index is 729. The maximum atomic E-state index is 12.3. The number of nitrogens with zero attached hydrogens (tertiary/aromatic N) is 3. The summed E-state index contributed by atoms with van der Waals surface area (Å²) in [5.41, 5.74) is 1.21. The van der Waals surface area contributed by atoms with E-state index in [-0.39, 0.29) is 12.0 Å². The minimum Gasteiger partial charge on any atom is -0.491 e. The molecule has 0 radical (unpaired) electrons. The number of aryl methyl sites for hydroxylation is 1. The van der Waals surface area contributed by atoms with Gasteiger partial charge >= 0.3 is 0 Å². The zero-order valence-corrected chi connectivity index (χ0v) is 16.0. The van der Waals surface area contributed by atoms with E-state index in [2.05, 4.69) is 20.6 Å². The number of anilines is 2. The first-order valence-electron chi connectivity index (χ1n) is 8.66. The SMILES string of the molecule is Cc1nc(Nc2ccc(OC(C)C)cc2)cc(C(=O)NCCN(C)C)n1. The van der Waals surface area contributed by atoms with Gasteiger partial charge in [-0.15, -0.1) is 0 Å². The lowest BCUT2D eigenvalue weighted by atomic mass is 10.3. The molecule has 0 aliphatic carbocycles. The number of carbonyl (C=O) groups is 1. The van der Waals surface area contributed by atoms with Crippen LogP contribution in [-0.2, 0) is 0 Å². The smallest absolute Gasteiger partial charge is 0.270 e. The molecule has 0 saturated carbocycles. The average molecular weight is 357 g/mol. The summed E-state index contributed by atoms with van der Waals surface area (Å²) in [5.74, 6) is 1.71. The Morgan fingerprint density at radius 3 is 2.50 bits per heavy atom. The van der Waals surface area contributed by atoms with Crippen molar-refractivity contribution >= 4 is 17.4 Å². The number of aromatic nitrogens is 2. The van der Waals surface area contributed by atoms with E-state index in [4.69, 9.17) is 4.74 Å². The molecule has 0 unspecified atom stereocenters. The minimum absolute atomic E-state index is 0.131. The molecule has 2 aromatic rings. The highest BCUT2D eigenvalue weighted by molar-refractivity contribution is 5.93. The zero-order chi connectivity index (χ0) is 19.1. The second-order valence-electron chi connectivity index (χ2n) is 6.56. The van der Waals surface area contributed by atoms with E-state index in [0.717, 1.165) is 18.0 Å². The summed E-state index contributed by atoms with van der Waals surface area (Å²) < 4.78 is 5.63. The highest BCUT2D eigenvalue weighted by Crippen LogP contribution is 2.20. The molecule has 0 aliphatic rings. The van der Waals surface area contributed by atoms with Crippen LogP contribution in [0.25, 0.3) is 0 Å². The molecule has 140 valence electrons. The van der Waals surface area contributed by atoms with Gasteiger partial charge in [-0.3, -0.25) is 4.79 Å². The first kappa shape index (κ1) is 19.7. The lowest BCUT2D eigenvalue weighted by molar-refractivity contribution is 0.0945. The van der Waals surface area contributed by atoms with Crippen LogP contribution in [0.4, 0.5) is 11.5 Å². The summed E-state index contributed by atoms with van der Waals surface area (Å²) in [7, 11) is 3.92. The topological polar surface area (TPSA) is 79.4 Å². The first-order chi connectivity index (χ1) is 12.3. The van der Waals surface area contributed by atoms with Crippen LogP contribution in [0.3, 0.4) is 0 Å². The Hall–Kier alpha value is -2.67. The van der Waals surface area contributed by atoms with Crippen molar-refractivity contribution in [2.45, 2.75) is 26.9 Å². The largest absolute Gasteiger partial charge is 0.491 e. The standard InChI is InChI=1S/C19H27N5O2/c1-13(2)26-16-8-6-15(7-9-16)23-18-12-17(21-14(3)22-18)19(25)20-10-11-24(4)5/h6-9,12-13H,10-11H2,1-5H3,(H,20,25)(H,21,22,23). The van der Waals surface area contributed by atoms with Crippen molar-refractivity contribution in [3.63, 3.8) is 0 Å². The maximum Gasteiger partial charge on any atom is 0.270 e. The van der Waals surface area contributed by atoms with Gasteiger partial charge in [0.15, 0.2) is 0 Å². The van der Waals surface area contributed by atoms with Gasteiger partial charge in [-0.05, 0) is 59.1 Å². The lowest BCUT2D eigenvalue weighted by Crippen LogP contribution is -2.32. The highest BCUT2D eigenvalue weighted by Gasteiger charge is 2.10. The van der Waals surface area contributed by atoms with E-state index in [1.807, 2.05) is 57.1 Å². The number of benzene rings is 1. The summed E-state index contributed by atoms with van der Waals surface area (Å²) in [5, 5.41) is 6.06. The molecule has 1 heterocycles. The van der Waals surface area contributed by atoms with Crippen LogP contribution < -0.4 is 15.4 Å². The molecule has 0 bridgehead atoms. The van der Waals surface area contributed by atoms with Gasteiger partial charge in [-0.25, -0.2) is 9.97 Å². The van der Waals surface area contributed by atoms with Crippen molar-refractivity contribution < 1.29 is 9.53 Å². The predicted octanol–water partition coefficient (Wildman–Crippen LogP) is 2.61. The van der Waals surface area contributed by atoms with Crippen molar-refractivity contribution in [1.82, 2.24) is 20.2 Å². The van der Waals surface area contributed by atoms with Crippen molar-refractivity contribution in [2.24, 2.45) is 0 Å². The fourth-order valence-electron chi connectivity index (χ4n) is 2.27. The quantitative estimate of drug-likeness (QED) is 0.756. The van der Waals surface area contributed by atoms with Crippen LogP contribution in [0, 0.1) is 6.92 Å². The summed E-state index contributed by atoms with van der Waals surface area (Å²) in [6, 6.07) is 9.25. The number of carbonyl (C=O) groups excluding carboxylic acids is 1. The Kier molecular flexibility index (Phi) is 6.91. The number of likely N-dealkylation sites (N-methyl/N-ethyl adjacent to an activating group) is 1. The predicted molar refractivity (Wildman–Crippen MR) is 103 cm³/mol. The molecular formula is C19H27N5O2. The number of hydrogen-bond acceptors (Lipinski definition) is 6. The van der Waals surface area contributed by atoms with E-state index in [9.17, 15) is 4.79 Å². The molecular weight excluding hydrogens is 330 g/mol. The Labute approximate surface area is 154 Å². The van der Waals surface area contributed by atoms with Gasteiger partial charge in [0, 0.05) is 24.8 Å². The molecule has 26 heavy (non-hydrogen) atoms. The van der Waals surface area contributed by atoms with E-state index < -0.39 is 0 Å². The van der Waals surface area contributed by atoms with Crippen LogP contribution in [0.1, 0.15) is 30.2 Å². The summed E-state index contributed by atoms with van der Waals surface area (Å²) in [6.07, 6.45) is 0.131. The Morgan fingerprint density at radius 2 is 1.88 bits per heavy atom. The molecule has 1 amide bonds. The van der Waals surface area contributed by atoms with Gasteiger partial charge in [0.05, 0.1) is 6.10 Å². The van der Waals surface area contributed by atoms with Gasteiger partial charge in [0.25, 0.3) is 5.91 Å². The zero-order valence-electron chi connectivity index (χ0n) is 16.0. The average Bonchev–Trinajstić information content (AvgIpc) is 2.55. The van der Waals surface area contributed by atoms with Gasteiger partial charge in [0.2, 0.25) is 0 Å². The van der Waals surface area contributed by atoms with Gasteiger partial charge in [0.1, 0.15) is 23.1 Å². The second kappa shape index (κ2) is 9.15. The number of ether oxygens (including phenoxy) is 1. The van der Waals surface area contributed by atoms with Gasteiger partial charge in [-0.1, -0.05) is 0 Å². The third-order valence-corrected chi connectivity index (χ3v) is 3.41. The van der Waals surface area contributed by atoms with Crippen LogP contribution in [0.15, 0.2) is 30.3 Å². The molecule has 0 atom stereocenters. The van der Waals surface area contributed by atoms with Gasteiger partial charge in [-0.2, -0.15) is 0 Å². The Morgan fingerprint density at radius 1 is 1.19 bits per heavy atom. The van der Waals surface area contributed by atoms with Crippen molar-refractivity contribution in [1.29, 1.82) is 0 Å². The molecule has 0 saturated heterocycles. The van der Waals surface area contributed by atoms with Crippen molar-refractivity contribution in [2.75, 3.05) is 32.5 Å². The van der Waals surface area contributed by atoms with Crippen LogP contribution >= 0.6 is 0 Å². The third-order valence-electron chi connectivity index (χ3n) is 3.41. The monoisotopic (exact) mass is 357 g/mol. The number of rotatable bonds is 8. The molecule has 1 aromatic carbocycles. The molecule has 2 N–H and O–H groups in total. The van der Waals surface area contributed by atoms with Crippen LogP contribution in [0.5, 0.6) is 5.75 Å². The lowest BCUT2D eigenvalue weighted by Gasteiger charge is -2.12. The Balaban J connectivity index is 2.05. The van der Waals surface area contributed by atoms with Crippen LogP contribution in [0.2, 0.25) is 0 Å². The third kappa shape index (κ3) is 6.33. The van der Waals surface area contributed by atoms with E-state index >= 15 is 0 Å². The van der Waals surface area contributed by atoms with Crippen LogP contribution in [-0.4, -0.2) is 54.1 Å². The van der Waals surface area contributed by atoms with E-state index in [0.29, 0.717) is 23.9 Å². The normalized spacial score (nSPS) is 10.9. The minimum atomic E-state index is -0.207. The summed E-state index contributed by atoms with van der Waals surface area (Å²) in [6.45, 7) is 7.07. The molecule has 2 rings (SSSR count). The van der Waals surface area contributed by atoms with Crippen molar-refractivity contribution in [3.8, 4) is 5.75 Å². The molecule has 0 aliphatic heterocycles. The molecule has 0 fully saturated rings. The molecule has 7 heteroatoms. The molecule has 7 nitrogen and oxygen atoms in total. The van der Waals surface area contributed by atoms with Crippen molar-refractivity contribution in [3.05, 3.63) is 41.9 Å². The maximum absolute atomic E-state index is 12.3.